The zero-order valence-electron chi connectivity index (χ0n) is 9.40. The second-order valence-corrected chi connectivity index (χ2v) is 3.78. The van der Waals surface area contributed by atoms with Crippen LogP contribution >= 0.6 is 0 Å². The Bertz CT molecular complexity index is 422. The summed E-state index contributed by atoms with van der Waals surface area (Å²) in [5, 5.41) is 3.36. The number of nitrogens with one attached hydrogen (secondary N) is 2. The van der Waals surface area contributed by atoms with Crippen LogP contribution in [-0.2, 0) is 13.0 Å². The molecule has 0 amide bonds. The first-order valence-corrected chi connectivity index (χ1v) is 5.45. The van der Waals surface area contributed by atoms with Crippen molar-refractivity contribution in [3.8, 4) is 0 Å². The largest absolute Gasteiger partial charge is 0.345 e. The molecule has 0 aliphatic rings. The lowest BCUT2D eigenvalue weighted by Crippen LogP contribution is -2.16. The highest BCUT2D eigenvalue weighted by molar-refractivity contribution is 5.08. The average Bonchev–Trinajstić information content (AvgIpc) is 2.72. The van der Waals surface area contributed by atoms with E-state index in [4.69, 9.17) is 0 Å². The van der Waals surface area contributed by atoms with Crippen LogP contribution in [0.3, 0.4) is 0 Å². The monoisotopic (exact) mass is 216 g/mol. The lowest BCUT2D eigenvalue weighted by Gasteiger charge is -2.02. The van der Waals surface area contributed by atoms with E-state index in [1.807, 2.05) is 25.4 Å². The summed E-state index contributed by atoms with van der Waals surface area (Å²) in [6.45, 7) is 3.74. The second kappa shape index (κ2) is 5.42. The highest BCUT2D eigenvalue weighted by Crippen LogP contribution is 1.97. The summed E-state index contributed by atoms with van der Waals surface area (Å²) in [6, 6.07) is 4.06. The zero-order chi connectivity index (χ0) is 11.2. The van der Waals surface area contributed by atoms with Gasteiger partial charge >= 0.3 is 0 Å². The highest BCUT2D eigenvalue weighted by Gasteiger charge is 1.96. The van der Waals surface area contributed by atoms with Gasteiger partial charge in [0.2, 0.25) is 0 Å². The molecule has 0 radical (unpaired) electrons. The number of H-pyrrole nitrogens is 1. The van der Waals surface area contributed by atoms with Gasteiger partial charge in [-0.1, -0.05) is 6.07 Å². The van der Waals surface area contributed by atoms with Crippen LogP contribution in [0.25, 0.3) is 0 Å². The number of aromatic nitrogens is 3. The third kappa shape index (κ3) is 3.17. The van der Waals surface area contributed by atoms with Crippen molar-refractivity contribution < 1.29 is 0 Å². The van der Waals surface area contributed by atoms with E-state index in [0.29, 0.717) is 0 Å². The van der Waals surface area contributed by atoms with Crippen molar-refractivity contribution in [2.45, 2.75) is 19.9 Å². The molecule has 0 aromatic carbocycles. The Morgan fingerprint density at radius 3 is 3.00 bits per heavy atom. The predicted molar refractivity (Wildman–Crippen MR) is 63.0 cm³/mol. The molecule has 0 saturated heterocycles. The van der Waals surface area contributed by atoms with Gasteiger partial charge in [0.25, 0.3) is 0 Å². The normalized spacial score (nSPS) is 10.6. The van der Waals surface area contributed by atoms with Gasteiger partial charge in [0.15, 0.2) is 0 Å². The Labute approximate surface area is 95.1 Å². The van der Waals surface area contributed by atoms with Crippen LogP contribution in [0.4, 0.5) is 0 Å². The Hall–Kier alpha value is -1.68. The maximum absolute atomic E-state index is 4.15. The molecule has 2 aromatic heterocycles. The molecular formula is C12H16N4. The zero-order valence-corrected chi connectivity index (χ0v) is 9.40. The van der Waals surface area contributed by atoms with E-state index in [9.17, 15) is 0 Å². The van der Waals surface area contributed by atoms with Gasteiger partial charge in [0.1, 0.15) is 5.82 Å². The van der Waals surface area contributed by atoms with Gasteiger partial charge in [-0.25, -0.2) is 4.98 Å². The third-order valence-corrected chi connectivity index (χ3v) is 2.38. The first-order chi connectivity index (χ1) is 7.84. The summed E-state index contributed by atoms with van der Waals surface area (Å²) >= 11 is 0. The predicted octanol–water partition coefficient (Wildman–Crippen LogP) is 1.45. The molecule has 2 rings (SSSR count). The van der Waals surface area contributed by atoms with Crippen molar-refractivity contribution in [1.29, 1.82) is 0 Å². The Kier molecular flexibility index (Phi) is 3.66. The summed E-state index contributed by atoms with van der Waals surface area (Å²) in [5.41, 5.74) is 2.39. The Morgan fingerprint density at radius 1 is 1.38 bits per heavy atom. The molecule has 16 heavy (non-hydrogen) atoms. The van der Waals surface area contributed by atoms with Gasteiger partial charge in [-0.2, -0.15) is 0 Å². The van der Waals surface area contributed by atoms with Crippen LogP contribution in [0.5, 0.6) is 0 Å². The van der Waals surface area contributed by atoms with Crippen molar-refractivity contribution in [3.63, 3.8) is 0 Å². The molecule has 0 saturated carbocycles. The molecule has 0 spiro atoms. The van der Waals surface area contributed by atoms with Crippen molar-refractivity contribution in [2.24, 2.45) is 0 Å². The molecule has 4 heteroatoms. The van der Waals surface area contributed by atoms with Crippen molar-refractivity contribution in [2.75, 3.05) is 6.54 Å². The molecule has 0 aliphatic carbocycles. The number of rotatable bonds is 5. The van der Waals surface area contributed by atoms with Crippen LogP contribution in [0.2, 0.25) is 0 Å². The first-order valence-electron chi connectivity index (χ1n) is 5.45. The van der Waals surface area contributed by atoms with Gasteiger partial charge in [0.05, 0.1) is 0 Å². The van der Waals surface area contributed by atoms with Crippen LogP contribution in [0, 0.1) is 6.92 Å². The molecule has 4 nitrogen and oxygen atoms in total. The van der Waals surface area contributed by atoms with Crippen LogP contribution in [-0.4, -0.2) is 21.5 Å². The van der Waals surface area contributed by atoms with E-state index in [2.05, 4.69) is 26.3 Å². The fraction of sp³-hybridized carbons (Fsp3) is 0.333. The Balaban J connectivity index is 1.69. The second-order valence-electron chi connectivity index (χ2n) is 3.78. The minimum atomic E-state index is 0.834. The molecule has 0 aliphatic heterocycles. The van der Waals surface area contributed by atoms with Crippen LogP contribution < -0.4 is 5.32 Å². The molecule has 0 unspecified atom stereocenters. The molecule has 2 aromatic rings. The van der Waals surface area contributed by atoms with Gasteiger partial charge in [0, 0.05) is 30.8 Å². The number of aromatic amines is 1. The van der Waals surface area contributed by atoms with E-state index in [0.717, 1.165) is 31.0 Å². The molecule has 84 valence electrons. The molecule has 2 heterocycles. The van der Waals surface area contributed by atoms with E-state index in [1.54, 1.807) is 6.20 Å². The van der Waals surface area contributed by atoms with Gasteiger partial charge in [-0.3, -0.25) is 4.98 Å². The topological polar surface area (TPSA) is 53.6 Å². The van der Waals surface area contributed by atoms with E-state index < -0.39 is 0 Å². The minimum absolute atomic E-state index is 0.834. The fourth-order valence-corrected chi connectivity index (χ4v) is 1.56. The molecular weight excluding hydrogens is 200 g/mol. The van der Waals surface area contributed by atoms with E-state index in [1.165, 1.54) is 5.56 Å². The van der Waals surface area contributed by atoms with Crippen molar-refractivity contribution in [1.82, 2.24) is 20.3 Å². The standard InChI is InChI=1S/C12H16N4/c1-10-15-9-12(16-10)8-14-6-4-11-3-2-5-13-7-11/h2-3,5,7,9,14H,4,6,8H2,1H3,(H,15,16). The molecule has 0 atom stereocenters. The summed E-state index contributed by atoms with van der Waals surface area (Å²) in [5.74, 6) is 0.962. The lowest BCUT2D eigenvalue weighted by atomic mass is 10.2. The molecule has 0 fully saturated rings. The number of imidazole rings is 1. The fourth-order valence-electron chi connectivity index (χ4n) is 1.56. The average molecular weight is 216 g/mol. The number of hydrogen-bond donors (Lipinski definition) is 2. The molecule has 2 N–H and O–H groups in total. The molecule has 0 bridgehead atoms. The lowest BCUT2D eigenvalue weighted by molar-refractivity contribution is 0.675. The maximum atomic E-state index is 4.15. The quantitative estimate of drug-likeness (QED) is 0.744. The summed E-state index contributed by atoms with van der Waals surface area (Å²) in [6.07, 6.45) is 6.57. The van der Waals surface area contributed by atoms with Crippen molar-refractivity contribution >= 4 is 0 Å². The van der Waals surface area contributed by atoms with E-state index >= 15 is 0 Å². The summed E-state index contributed by atoms with van der Waals surface area (Å²) in [7, 11) is 0. The highest BCUT2D eigenvalue weighted by atomic mass is 14.9. The third-order valence-electron chi connectivity index (χ3n) is 2.38. The minimum Gasteiger partial charge on any atom is -0.345 e. The Morgan fingerprint density at radius 2 is 2.31 bits per heavy atom. The SMILES string of the molecule is Cc1ncc(CNCCc2cccnc2)[nH]1. The number of nitrogens with zero attached hydrogens (tertiary/aromatic N) is 2. The summed E-state index contributed by atoms with van der Waals surface area (Å²) in [4.78, 5) is 11.4. The van der Waals surface area contributed by atoms with Crippen molar-refractivity contribution in [3.05, 3.63) is 47.8 Å². The van der Waals surface area contributed by atoms with Gasteiger partial charge < -0.3 is 10.3 Å². The smallest absolute Gasteiger partial charge is 0.103 e. The first kappa shape index (κ1) is 10.8. The van der Waals surface area contributed by atoms with Gasteiger partial charge in [-0.15, -0.1) is 0 Å². The van der Waals surface area contributed by atoms with Crippen LogP contribution in [0.15, 0.2) is 30.7 Å². The summed E-state index contributed by atoms with van der Waals surface area (Å²) < 4.78 is 0. The van der Waals surface area contributed by atoms with Gasteiger partial charge in [-0.05, 0) is 31.5 Å². The number of aryl methyl sites for hydroxylation is 1. The van der Waals surface area contributed by atoms with E-state index in [-0.39, 0.29) is 0 Å². The number of hydrogen-bond acceptors (Lipinski definition) is 3. The maximum Gasteiger partial charge on any atom is 0.103 e. The number of pyridine rings is 1. The van der Waals surface area contributed by atoms with Crippen LogP contribution in [0.1, 0.15) is 17.1 Å².